The third-order valence-electron chi connectivity index (χ3n) is 4.58. The fourth-order valence-electron chi connectivity index (χ4n) is 3.16. The quantitative estimate of drug-likeness (QED) is 0.569. The van der Waals surface area contributed by atoms with E-state index in [0.29, 0.717) is 21.9 Å². The summed E-state index contributed by atoms with van der Waals surface area (Å²) in [7, 11) is 0. The molecular weight excluding hydrogens is 370 g/mol. The summed E-state index contributed by atoms with van der Waals surface area (Å²) in [6.07, 6.45) is 1.60. The smallest absolute Gasteiger partial charge is 0.272 e. The summed E-state index contributed by atoms with van der Waals surface area (Å²) in [6, 6.07) is 18.8. The van der Waals surface area contributed by atoms with Gasteiger partial charge >= 0.3 is 0 Å². The van der Waals surface area contributed by atoms with E-state index < -0.39 is 0 Å². The van der Waals surface area contributed by atoms with Crippen LogP contribution in [0.25, 0.3) is 5.57 Å². The number of hydrogen-bond acceptors (Lipinski definition) is 4. The number of imide groups is 1. The Morgan fingerprint density at radius 3 is 2.36 bits per heavy atom. The third kappa shape index (κ3) is 3.41. The van der Waals surface area contributed by atoms with Crippen molar-refractivity contribution >= 4 is 34.8 Å². The summed E-state index contributed by atoms with van der Waals surface area (Å²) in [5.41, 5.74) is 3.88. The van der Waals surface area contributed by atoms with Gasteiger partial charge in [0.1, 0.15) is 5.76 Å². The summed E-state index contributed by atoms with van der Waals surface area (Å²) >= 11 is 1.34. The van der Waals surface area contributed by atoms with E-state index in [2.05, 4.69) is 0 Å². The van der Waals surface area contributed by atoms with Crippen LogP contribution in [0.2, 0.25) is 0 Å². The Bertz CT molecular complexity index is 1070. The number of aryl methyl sites for hydroxylation is 2. The van der Waals surface area contributed by atoms with Gasteiger partial charge in [0.05, 0.1) is 28.2 Å². The highest BCUT2D eigenvalue weighted by molar-refractivity contribution is 8.03. The molecule has 3 aromatic rings. The van der Waals surface area contributed by atoms with Crippen LogP contribution >= 0.6 is 11.8 Å². The fraction of sp³-hybridized carbons (Fsp3) is 0.130. The van der Waals surface area contributed by atoms with Gasteiger partial charge in [-0.05, 0) is 49.2 Å². The molecule has 2 aromatic carbocycles. The summed E-state index contributed by atoms with van der Waals surface area (Å²) in [4.78, 5) is 28.3. The van der Waals surface area contributed by atoms with Crippen molar-refractivity contribution in [2.24, 2.45) is 0 Å². The second-order valence-corrected chi connectivity index (χ2v) is 7.71. The molecule has 0 unspecified atom stereocenters. The van der Waals surface area contributed by atoms with Gasteiger partial charge in [-0.25, -0.2) is 4.90 Å². The van der Waals surface area contributed by atoms with E-state index in [4.69, 9.17) is 4.42 Å². The van der Waals surface area contributed by atoms with Gasteiger partial charge in [0.15, 0.2) is 0 Å². The molecular formula is C23H19NO3S. The molecule has 0 atom stereocenters. The highest BCUT2D eigenvalue weighted by Gasteiger charge is 2.40. The molecule has 140 valence electrons. The van der Waals surface area contributed by atoms with E-state index in [0.717, 1.165) is 22.5 Å². The lowest BCUT2D eigenvalue weighted by Crippen LogP contribution is -2.31. The van der Waals surface area contributed by atoms with Gasteiger partial charge in [-0.3, -0.25) is 9.59 Å². The number of anilines is 1. The molecule has 0 radical (unpaired) electrons. The summed E-state index contributed by atoms with van der Waals surface area (Å²) < 4.78 is 5.39. The van der Waals surface area contributed by atoms with Crippen molar-refractivity contribution in [2.75, 3.05) is 4.90 Å². The minimum absolute atomic E-state index is 0.289. The normalized spacial score (nSPS) is 14.3. The lowest BCUT2D eigenvalue weighted by atomic mass is 10.0. The number of amides is 2. The van der Waals surface area contributed by atoms with E-state index in [9.17, 15) is 9.59 Å². The third-order valence-corrected chi connectivity index (χ3v) is 5.68. The van der Waals surface area contributed by atoms with Gasteiger partial charge in [-0.1, -0.05) is 42.0 Å². The van der Waals surface area contributed by atoms with Crippen LogP contribution in [0.15, 0.2) is 76.2 Å². The molecule has 2 amide bonds. The number of furan rings is 1. The second-order valence-electron chi connectivity index (χ2n) is 6.72. The average molecular weight is 389 g/mol. The average Bonchev–Trinajstić information content (AvgIpc) is 3.27. The van der Waals surface area contributed by atoms with Crippen molar-refractivity contribution < 1.29 is 14.0 Å². The predicted octanol–water partition coefficient (Wildman–Crippen LogP) is 5.11. The predicted molar refractivity (Wildman–Crippen MR) is 112 cm³/mol. The molecule has 0 bridgehead atoms. The van der Waals surface area contributed by atoms with Crippen LogP contribution in [0.5, 0.6) is 0 Å². The lowest BCUT2D eigenvalue weighted by Gasteiger charge is -2.15. The summed E-state index contributed by atoms with van der Waals surface area (Å²) in [5, 5.41) is 0. The number of thioether (sulfide) groups is 1. The number of rotatable bonds is 5. The van der Waals surface area contributed by atoms with Crippen molar-refractivity contribution in [1.82, 2.24) is 0 Å². The van der Waals surface area contributed by atoms with Gasteiger partial charge in [0.25, 0.3) is 11.8 Å². The first-order valence-corrected chi connectivity index (χ1v) is 9.95. The topological polar surface area (TPSA) is 50.5 Å². The molecule has 0 fully saturated rings. The summed E-state index contributed by atoms with van der Waals surface area (Å²) in [5.74, 6) is 0.664. The monoisotopic (exact) mass is 389 g/mol. The standard InChI is InChI=1S/C23H19NO3S/c1-15-8-10-17(11-9-15)20-21(28-14-19-7-4-12-27-19)23(26)24(22(20)25)18-6-3-5-16(2)13-18/h3-13H,14H2,1-2H3. The Balaban J connectivity index is 1.76. The number of benzene rings is 2. The highest BCUT2D eigenvalue weighted by Crippen LogP contribution is 2.39. The lowest BCUT2D eigenvalue weighted by molar-refractivity contribution is -0.119. The van der Waals surface area contributed by atoms with Crippen LogP contribution in [0.4, 0.5) is 5.69 Å². The van der Waals surface area contributed by atoms with Crippen LogP contribution in [0, 0.1) is 13.8 Å². The van der Waals surface area contributed by atoms with Crippen molar-refractivity contribution in [2.45, 2.75) is 19.6 Å². The zero-order chi connectivity index (χ0) is 19.7. The minimum Gasteiger partial charge on any atom is -0.468 e. The Hall–Kier alpha value is -3.05. The fourth-order valence-corrected chi connectivity index (χ4v) is 4.17. The molecule has 4 rings (SSSR count). The maximum Gasteiger partial charge on any atom is 0.272 e. The second kappa shape index (κ2) is 7.52. The Morgan fingerprint density at radius 1 is 0.893 bits per heavy atom. The van der Waals surface area contributed by atoms with Crippen molar-refractivity contribution in [3.05, 3.63) is 94.3 Å². The summed E-state index contributed by atoms with van der Waals surface area (Å²) in [6.45, 7) is 3.93. The van der Waals surface area contributed by atoms with Crippen LogP contribution in [-0.4, -0.2) is 11.8 Å². The molecule has 4 nitrogen and oxygen atoms in total. The van der Waals surface area contributed by atoms with E-state index in [1.165, 1.54) is 16.7 Å². The highest BCUT2D eigenvalue weighted by atomic mass is 32.2. The Labute approximate surface area is 167 Å². The van der Waals surface area contributed by atoms with E-state index in [1.807, 2.05) is 68.4 Å². The zero-order valence-electron chi connectivity index (χ0n) is 15.6. The molecule has 0 spiro atoms. The SMILES string of the molecule is Cc1ccc(C2=C(SCc3ccco3)C(=O)N(c3cccc(C)c3)C2=O)cc1. The van der Waals surface area contributed by atoms with Crippen LogP contribution in [0.1, 0.15) is 22.5 Å². The first-order chi connectivity index (χ1) is 13.5. The molecule has 5 heteroatoms. The van der Waals surface area contributed by atoms with E-state index in [1.54, 1.807) is 12.3 Å². The number of nitrogens with zero attached hydrogens (tertiary/aromatic N) is 1. The molecule has 0 saturated heterocycles. The maximum atomic E-state index is 13.3. The van der Waals surface area contributed by atoms with Crippen LogP contribution in [0.3, 0.4) is 0 Å². The van der Waals surface area contributed by atoms with Crippen LogP contribution < -0.4 is 4.90 Å². The zero-order valence-corrected chi connectivity index (χ0v) is 16.5. The van der Waals surface area contributed by atoms with Crippen molar-refractivity contribution in [3.63, 3.8) is 0 Å². The molecule has 28 heavy (non-hydrogen) atoms. The minimum atomic E-state index is -0.290. The van der Waals surface area contributed by atoms with Gasteiger partial charge in [0.2, 0.25) is 0 Å². The largest absolute Gasteiger partial charge is 0.468 e. The number of carbonyl (C=O) groups excluding carboxylic acids is 2. The van der Waals surface area contributed by atoms with Gasteiger partial charge in [0, 0.05) is 0 Å². The molecule has 1 aliphatic rings. The van der Waals surface area contributed by atoms with Gasteiger partial charge < -0.3 is 4.42 Å². The van der Waals surface area contributed by atoms with Gasteiger partial charge in [-0.2, -0.15) is 0 Å². The first-order valence-electron chi connectivity index (χ1n) is 8.96. The number of carbonyl (C=O) groups is 2. The van der Waals surface area contributed by atoms with Crippen molar-refractivity contribution in [1.29, 1.82) is 0 Å². The van der Waals surface area contributed by atoms with E-state index in [-0.39, 0.29) is 11.8 Å². The maximum absolute atomic E-state index is 13.3. The van der Waals surface area contributed by atoms with E-state index >= 15 is 0 Å². The molecule has 1 aromatic heterocycles. The van der Waals surface area contributed by atoms with Gasteiger partial charge in [-0.15, -0.1) is 11.8 Å². The molecule has 2 heterocycles. The first kappa shape index (κ1) is 18.3. The molecule has 0 saturated carbocycles. The number of hydrogen-bond donors (Lipinski definition) is 0. The Kier molecular flexibility index (Phi) is 4.92. The molecule has 1 aliphatic heterocycles. The van der Waals surface area contributed by atoms with Crippen LogP contribution in [-0.2, 0) is 15.3 Å². The Morgan fingerprint density at radius 2 is 1.68 bits per heavy atom. The van der Waals surface area contributed by atoms with Crippen molar-refractivity contribution in [3.8, 4) is 0 Å². The molecule has 0 aliphatic carbocycles. The molecule has 0 N–H and O–H groups in total.